The van der Waals surface area contributed by atoms with Gasteiger partial charge in [-0.1, -0.05) is 43.3 Å². The molecule has 39 heavy (non-hydrogen) atoms. The van der Waals surface area contributed by atoms with E-state index in [0.29, 0.717) is 29.3 Å². The second kappa shape index (κ2) is 11.7. The SMILES string of the molecule is CCC(Oc1nc(Oc2cc(-c3cccc(CN)c3)cc(-c3ccccc3C(=O)O)c2)c(F)cc1F)C(=O)O. The Hall–Kier alpha value is -4.83. The Kier molecular flexibility index (Phi) is 8.16. The monoisotopic (exact) mass is 534 g/mol. The lowest BCUT2D eigenvalue weighted by Crippen LogP contribution is -2.26. The molecular formula is C29H24F2N2O6. The molecule has 0 aliphatic rings. The number of pyridine rings is 1. The number of carboxylic acid groups (broad SMARTS) is 2. The van der Waals surface area contributed by atoms with Gasteiger partial charge in [-0.15, -0.1) is 0 Å². The first-order valence-corrected chi connectivity index (χ1v) is 11.9. The van der Waals surface area contributed by atoms with Crippen molar-refractivity contribution in [1.29, 1.82) is 0 Å². The van der Waals surface area contributed by atoms with E-state index < -0.39 is 41.4 Å². The van der Waals surface area contributed by atoms with E-state index in [-0.39, 0.29) is 17.7 Å². The normalized spacial score (nSPS) is 11.6. The lowest BCUT2D eigenvalue weighted by molar-refractivity contribution is -0.145. The Morgan fingerprint density at radius 2 is 1.62 bits per heavy atom. The molecule has 4 N–H and O–H groups in total. The molecule has 1 aromatic heterocycles. The quantitative estimate of drug-likeness (QED) is 0.230. The van der Waals surface area contributed by atoms with E-state index in [4.69, 9.17) is 15.2 Å². The van der Waals surface area contributed by atoms with Crippen LogP contribution in [0.5, 0.6) is 17.5 Å². The van der Waals surface area contributed by atoms with Gasteiger partial charge in [0.25, 0.3) is 11.8 Å². The van der Waals surface area contributed by atoms with Crippen LogP contribution in [0.25, 0.3) is 22.3 Å². The average molecular weight is 535 g/mol. The molecule has 8 nitrogen and oxygen atoms in total. The molecule has 0 amide bonds. The first-order valence-electron chi connectivity index (χ1n) is 11.9. The zero-order valence-corrected chi connectivity index (χ0v) is 20.7. The number of nitrogens with zero attached hydrogens (tertiary/aromatic N) is 1. The minimum absolute atomic E-state index is 0.0142. The minimum Gasteiger partial charge on any atom is -0.479 e. The van der Waals surface area contributed by atoms with E-state index in [0.717, 1.165) is 11.1 Å². The Morgan fingerprint density at radius 1 is 0.897 bits per heavy atom. The van der Waals surface area contributed by atoms with Crippen LogP contribution in [0.15, 0.2) is 72.8 Å². The number of hydrogen-bond donors (Lipinski definition) is 3. The topological polar surface area (TPSA) is 132 Å². The Bertz CT molecular complexity index is 1540. The third-order valence-corrected chi connectivity index (χ3v) is 5.85. The minimum atomic E-state index is -1.40. The number of aromatic nitrogens is 1. The number of ether oxygens (including phenoxy) is 2. The van der Waals surface area contributed by atoms with Gasteiger partial charge < -0.3 is 25.4 Å². The van der Waals surface area contributed by atoms with Crippen molar-refractivity contribution in [3.63, 3.8) is 0 Å². The van der Waals surface area contributed by atoms with Gasteiger partial charge in [-0.05, 0) is 64.6 Å². The molecule has 0 bridgehead atoms. The smallest absolute Gasteiger partial charge is 0.344 e. The molecule has 3 aromatic carbocycles. The second-order valence-electron chi connectivity index (χ2n) is 8.52. The summed E-state index contributed by atoms with van der Waals surface area (Å²) in [6.07, 6.45) is -1.39. The highest BCUT2D eigenvalue weighted by Crippen LogP contribution is 2.36. The zero-order chi connectivity index (χ0) is 28.1. The molecule has 0 saturated heterocycles. The Balaban J connectivity index is 1.83. The van der Waals surface area contributed by atoms with Gasteiger partial charge in [-0.2, -0.15) is 4.98 Å². The summed E-state index contributed by atoms with van der Waals surface area (Å²) in [5.74, 6) is -6.13. The fraction of sp³-hybridized carbons (Fsp3) is 0.138. The lowest BCUT2D eigenvalue weighted by atomic mass is 9.95. The highest BCUT2D eigenvalue weighted by molar-refractivity contribution is 5.96. The van der Waals surface area contributed by atoms with E-state index >= 15 is 0 Å². The van der Waals surface area contributed by atoms with Crippen molar-refractivity contribution in [1.82, 2.24) is 4.98 Å². The van der Waals surface area contributed by atoms with Gasteiger partial charge in [0.15, 0.2) is 17.7 Å². The maximum atomic E-state index is 14.7. The first kappa shape index (κ1) is 27.2. The molecule has 10 heteroatoms. The number of carbonyl (C=O) groups is 2. The van der Waals surface area contributed by atoms with Crippen molar-refractivity contribution in [2.24, 2.45) is 5.73 Å². The molecule has 1 atom stereocenters. The summed E-state index contributed by atoms with van der Waals surface area (Å²) < 4.78 is 39.9. The van der Waals surface area contributed by atoms with E-state index in [1.54, 1.807) is 30.3 Å². The molecule has 200 valence electrons. The van der Waals surface area contributed by atoms with Crippen LogP contribution < -0.4 is 15.2 Å². The van der Waals surface area contributed by atoms with E-state index in [2.05, 4.69) is 4.98 Å². The van der Waals surface area contributed by atoms with Crippen molar-refractivity contribution in [3.05, 3.63) is 95.6 Å². The summed E-state index contributed by atoms with van der Waals surface area (Å²) in [6.45, 7) is 1.82. The largest absolute Gasteiger partial charge is 0.479 e. The number of aliphatic carboxylic acids is 1. The fourth-order valence-electron chi connectivity index (χ4n) is 3.92. The molecule has 4 aromatic rings. The molecule has 1 unspecified atom stereocenters. The molecule has 4 rings (SSSR count). The fourth-order valence-corrected chi connectivity index (χ4v) is 3.92. The van der Waals surface area contributed by atoms with Crippen molar-refractivity contribution in [2.45, 2.75) is 26.0 Å². The number of rotatable bonds is 10. The molecule has 0 aliphatic heterocycles. The number of nitrogens with two attached hydrogens (primary N) is 1. The highest BCUT2D eigenvalue weighted by Gasteiger charge is 2.23. The van der Waals surface area contributed by atoms with Crippen molar-refractivity contribution >= 4 is 11.9 Å². The molecule has 0 fully saturated rings. The predicted octanol–water partition coefficient (Wildman–Crippen LogP) is 5.89. The number of carboxylic acids is 2. The molecule has 1 heterocycles. The summed E-state index contributed by atoms with van der Waals surface area (Å²) in [7, 11) is 0. The van der Waals surface area contributed by atoms with E-state index in [1.807, 2.05) is 24.3 Å². The second-order valence-corrected chi connectivity index (χ2v) is 8.52. The predicted molar refractivity (Wildman–Crippen MR) is 139 cm³/mol. The maximum absolute atomic E-state index is 14.7. The van der Waals surface area contributed by atoms with Crippen LogP contribution in [-0.4, -0.2) is 33.2 Å². The molecule has 0 saturated carbocycles. The molecule has 0 spiro atoms. The summed E-state index contributed by atoms with van der Waals surface area (Å²) in [6, 6.07) is 19.0. The summed E-state index contributed by atoms with van der Waals surface area (Å²) in [5.41, 5.74) is 8.86. The first-order chi connectivity index (χ1) is 18.7. The third-order valence-electron chi connectivity index (χ3n) is 5.85. The summed E-state index contributed by atoms with van der Waals surface area (Å²) >= 11 is 0. The van der Waals surface area contributed by atoms with Crippen molar-refractivity contribution < 1.29 is 38.1 Å². The van der Waals surface area contributed by atoms with Crippen LogP contribution >= 0.6 is 0 Å². The van der Waals surface area contributed by atoms with Gasteiger partial charge in [-0.3, -0.25) is 0 Å². The average Bonchev–Trinajstić information content (AvgIpc) is 2.93. The number of hydrogen-bond acceptors (Lipinski definition) is 6. The van der Waals surface area contributed by atoms with Crippen LogP contribution in [0.3, 0.4) is 0 Å². The summed E-state index contributed by atoms with van der Waals surface area (Å²) in [5, 5.41) is 18.9. The lowest BCUT2D eigenvalue weighted by Gasteiger charge is -2.16. The van der Waals surface area contributed by atoms with Crippen molar-refractivity contribution in [3.8, 4) is 39.8 Å². The van der Waals surface area contributed by atoms with Gasteiger partial charge >= 0.3 is 11.9 Å². The molecule has 0 radical (unpaired) electrons. The van der Waals surface area contributed by atoms with Gasteiger partial charge in [0.2, 0.25) is 0 Å². The Morgan fingerprint density at radius 3 is 2.31 bits per heavy atom. The van der Waals surface area contributed by atoms with Crippen LogP contribution in [0.1, 0.15) is 29.3 Å². The molecular weight excluding hydrogens is 510 g/mol. The van der Waals surface area contributed by atoms with Crippen molar-refractivity contribution in [2.75, 3.05) is 0 Å². The molecule has 0 aliphatic carbocycles. The van der Waals surface area contributed by atoms with E-state index in [1.165, 1.54) is 19.1 Å². The van der Waals surface area contributed by atoms with Crippen LogP contribution in [0, 0.1) is 11.6 Å². The van der Waals surface area contributed by atoms with Crippen LogP contribution in [0.4, 0.5) is 8.78 Å². The number of halogens is 2. The van der Waals surface area contributed by atoms with E-state index in [9.17, 15) is 28.6 Å². The van der Waals surface area contributed by atoms with Gasteiger partial charge in [0.05, 0.1) is 5.56 Å². The number of benzene rings is 3. The highest BCUT2D eigenvalue weighted by atomic mass is 19.1. The van der Waals surface area contributed by atoms with Gasteiger partial charge in [-0.25, -0.2) is 18.4 Å². The standard InChI is InChI=1S/C29H24F2N2O6/c1-2-25(29(36)37)39-27-24(31)14-23(30)26(33-27)38-20-12-18(17-7-5-6-16(10-17)15-32)11-19(13-20)21-8-3-4-9-22(21)28(34)35/h3-14,25H,2,15,32H2,1H3,(H,34,35)(H,36,37). The van der Waals surface area contributed by atoms with Gasteiger partial charge in [0.1, 0.15) is 5.75 Å². The third kappa shape index (κ3) is 6.19. The maximum Gasteiger partial charge on any atom is 0.344 e. The summed E-state index contributed by atoms with van der Waals surface area (Å²) in [4.78, 5) is 27.0. The zero-order valence-electron chi connectivity index (χ0n) is 20.7. The van der Waals surface area contributed by atoms with Crippen LogP contribution in [-0.2, 0) is 11.3 Å². The Labute approximate surface area is 222 Å². The number of aromatic carboxylic acids is 1. The van der Waals surface area contributed by atoms with Crippen LogP contribution in [0.2, 0.25) is 0 Å². The van der Waals surface area contributed by atoms with Gasteiger partial charge in [0, 0.05) is 12.6 Å².